The number of aryl methyl sites for hydroxylation is 1. The third-order valence-electron chi connectivity index (χ3n) is 5.14. The first-order chi connectivity index (χ1) is 14.1. The number of carbonyl (C=O) groups is 1. The van der Waals surface area contributed by atoms with Gasteiger partial charge in [0.25, 0.3) is 0 Å². The van der Waals surface area contributed by atoms with Crippen LogP contribution in [-0.2, 0) is 24.1 Å². The van der Waals surface area contributed by atoms with Crippen LogP contribution in [-0.4, -0.2) is 33.5 Å². The molecule has 5 nitrogen and oxygen atoms in total. The van der Waals surface area contributed by atoms with Gasteiger partial charge in [0.1, 0.15) is 18.4 Å². The molecule has 0 unspecified atom stereocenters. The van der Waals surface area contributed by atoms with E-state index in [9.17, 15) is 23.1 Å². The van der Waals surface area contributed by atoms with Gasteiger partial charge in [-0.1, -0.05) is 6.42 Å². The number of hydrogen-bond donors (Lipinski definition) is 1. The molecular weight excluding hydrogens is 512 g/mol. The Morgan fingerprint density at radius 1 is 1.33 bits per heavy atom. The summed E-state index contributed by atoms with van der Waals surface area (Å²) in [5.74, 6) is -0.640. The largest absolute Gasteiger partial charge is 0.487 e. The van der Waals surface area contributed by atoms with E-state index in [1.165, 1.54) is 13.0 Å². The molecular formula is C21H22F3IN2O3. The Bertz CT molecular complexity index is 921. The number of rotatable bonds is 6. The molecule has 1 atom stereocenters. The van der Waals surface area contributed by atoms with E-state index in [1.54, 1.807) is 11.1 Å². The van der Waals surface area contributed by atoms with Gasteiger partial charge in [-0.25, -0.2) is 0 Å². The zero-order valence-electron chi connectivity index (χ0n) is 16.4. The first kappa shape index (κ1) is 22.8. The van der Waals surface area contributed by atoms with Crippen molar-refractivity contribution in [3.63, 3.8) is 0 Å². The van der Waals surface area contributed by atoms with Gasteiger partial charge in [-0.15, -0.1) is 0 Å². The van der Waals surface area contributed by atoms with E-state index in [0.717, 1.165) is 22.5 Å². The van der Waals surface area contributed by atoms with Crippen molar-refractivity contribution in [2.75, 3.05) is 6.54 Å². The summed E-state index contributed by atoms with van der Waals surface area (Å²) < 4.78 is 47.3. The van der Waals surface area contributed by atoms with Gasteiger partial charge in [-0.05, 0) is 78.7 Å². The first-order valence-electron chi connectivity index (χ1n) is 9.56. The Morgan fingerprint density at radius 3 is 2.77 bits per heavy atom. The highest BCUT2D eigenvalue weighted by atomic mass is 127. The van der Waals surface area contributed by atoms with Crippen LogP contribution in [0.3, 0.4) is 0 Å². The number of ether oxygens (including phenoxy) is 1. The van der Waals surface area contributed by atoms with Gasteiger partial charge < -0.3 is 9.84 Å². The van der Waals surface area contributed by atoms with Crippen molar-refractivity contribution in [2.45, 2.75) is 51.6 Å². The molecule has 3 rings (SSSR count). The summed E-state index contributed by atoms with van der Waals surface area (Å²) in [5.41, 5.74) is 0.310. The number of pyridine rings is 1. The van der Waals surface area contributed by atoms with Crippen LogP contribution in [0.4, 0.5) is 13.2 Å². The third kappa shape index (κ3) is 5.63. The van der Waals surface area contributed by atoms with E-state index in [-0.39, 0.29) is 18.7 Å². The summed E-state index contributed by atoms with van der Waals surface area (Å²) >= 11 is 2.15. The Morgan fingerprint density at radius 2 is 2.10 bits per heavy atom. The van der Waals surface area contributed by atoms with Crippen LogP contribution in [0.1, 0.15) is 41.6 Å². The number of alkyl halides is 3. The summed E-state index contributed by atoms with van der Waals surface area (Å²) in [6.07, 6.45) is -0.774. The molecule has 0 aliphatic carbocycles. The van der Waals surface area contributed by atoms with Crippen molar-refractivity contribution < 1.29 is 27.8 Å². The van der Waals surface area contributed by atoms with Crippen LogP contribution >= 0.6 is 22.6 Å². The summed E-state index contributed by atoms with van der Waals surface area (Å²) in [4.78, 5) is 17.5. The van der Waals surface area contributed by atoms with Crippen LogP contribution < -0.4 is 4.74 Å². The van der Waals surface area contributed by atoms with Gasteiger partial charge in [0, 0.05) is 21.9 Å². The Labute approximate surface area is 186 Å². The lowest BCUT2D eigenvalue weighted by Gasteiger charge is -2.33. The maximum atomic E-state index is 13.5. The number of benzene rings is 1. The first-order valence-corrected chi connectivity index (χ1v) is 10.6. The summed E-state index contributed by atoms with van der Waals surface area (Å²) in [6, 6.07) is 5.42. The van der Waals surface area contributed by atoms with E-state index in [4.69, 9.17) is 4.74 Å². The highest BCUT2D eigenvalue weighted by molar-refractivity contribution is 14.1. The highest BCUT2D eigenvalue weighted by Gasteiger charge is 2.34. The SMILES string of the molecule is Cc1cc(OCc2cc(I)ccn2)c(CN2CCCC[C@H]2C(=O)O)cc1C(F)(F)F. The van der Waals surface area contributed by atoms with E-state index in [0.29, 0.717) is 30.0 Å². The zero-order chi connectivity index (χ0) is 21.9. The minimum Gasteiger partial charge on any atom is -0.487 e. The van der Waals surface area contributed by atoms with E-state index in [2.05, 4.69) is 27.6 Å². The lowest BCUT2D eigenvalue weighted by Crippen LogP contribution is -2.44. The van der Waals surface area contributed by atoms with Crippen LogP contribution in [0.25, 0.3) is 0 Å². The third-order valence-corrected chi connectivity index (χ3v) is 5.81. The Balaban J connectivity index is 1.92. The van der Waals surface area contributed by atoms with Crippen molar-refractivity contribution >= 4 is 28.6 Å². The van der Waals surface area contributed by atoms with Gasteiger partial charge in [0.05, 0.1) is 11.3 Å². The fourth-order valence-corrected chi connectivity index (χ4v) is 4.17. The van der Waals surface area contributed by atoms with Crippen molar-refractivity contribution in [1.29, 1.82) is 0 Å². The number of hydrogen-bond acceptors (Lipinski definition) is 4. The number of piperidine rings is 1. The van der Waals surface area contributed by atoms with E-state index >= 15 is 0 Å². The molecule has 2 heterocycles. The fraction of sp³-hybridized carbons (Fsp3) is 0.429. The Kier molecular flexibility index (Phi) is 7.22. The second kappa shape index (κ2) is 9.51. The molecule has 1 aliphatic rings. The fourth-order valence-electron chi connectivity index (χ4n) is 3.65. The van der Waals surface area contributed by atoms with Gasteiger partial charge >= 0.3 is 12.1 Å². The lowest BCUT2D eigenvalue weighted by molar-refractivity contribution is -0.145. The molecule has 9 heteroatoms. The number of aliphatic carboxylic acids is 1. The highest BCUT2D eigenvalue weighted by Crippen LogP contribution is 2.37. The van der Waals surface area contributed by atoms with Crippen LogP contribution in [0.2, 0.25) is 0 Å². The molecule has 162 valence electrons. The molecule has 0 bridgehead atoms. The molecule has 1 saturated heterocycles. The maximum Gasteiger partial charge on any atom is 0.416 e. The standard InChI is InChI=1S/C21H22F3IN2O3/c1-13-8-19(30-12-16-10-15(25)5-6-26-16)14(9-17(13)21(22,23)24)11-27-7-3-2-4-18(27)20(28)29/h5-6,8-10,18H,2-4,7,11-12H2,1H3,(H,28,29)/t18-/m0/s1. The van der Waals surface area contributed by atoms with Gasteiger partial charge in [-0.3, -0.25) is 14.7 Å². The van der Waals surface area contributed by atoms with Crippen molar-refractivity contribution in [3.8, 4) is 5.75 Å². The molecule has 1 aromatic heterocycles. The monoisotopic (exact) mass is 534 g/mol. The molecule has 1 N–H and O–H groups in total. The number of halogens is 4. The topological polar surface area (TPSA) is 62.7 Å². The Hall–Kier alpha value is -1.88. The van der Waals surface area contributed by atoms with Crippen molar-refractivity contribution in [3.05, 3.63) is 56.4 Å². The molecule has 30 heavy (non-hydrogen) atoms. The number of likely N-dealkylation sites (tertiary alicyclic amines) is 1. The number of aromatic nitrogens is 1. The quantitative estimate of drug-likeness (QED) is 0.527. The second-order valence-electron chi connectivity index (χ2n) is 7.35. The smallest absolute Gasteiger partial charge is 0.416 e. The molecule has 0 spiro atoms. The molecule has 0 saturated carbocycles. The van der Waals surface area contributed by atoms with Crippen LogP contribution in [0.5, 0.6) is 5.75 Å². The maximum absolute atomic E-state index is 13.5. The predicted octanol–water partition coefficient (Wildman–Crippen LogP) is 5.03. The normalized spacial score (nSPS) is 17.7. The molecule has 2 aromatic rings. The van der Waals surface area contributed by atoms with E-state index < -0.39 is 23.8 Å². The predicted molar refractivity (Wildman–Crippen MR) is 113 cm³/mol. The number of carboxylic acids is 1. The van der Waals surface area contributed by atoms with E-state index in [1.807, 2.05) is 12.1 Å². The van der Waals surface area contributed by atoms with Crippen molar-refractivity contribution in [2.24, 2.45) is 0 Å². The summed E-state index contributed by atoms with van der Waals surface area (Å²) in [5, 5.41) is 9.50. The van der Waals surface area contributed by atoms with Gasteiger partial charge in [0.2, 0.25) is 0 Å². The molecule has 1 aromatic carbocycles. The van der Waals surface area contributed by atoms with Gasteiger partial charge in [-0.2, -0.15) is 13.2 Å². The van der Waals surface area contributed by atoms with Crippen LogP contribution in [0, 0.1) is 10.5 Å². The lowest BCUT2D eigenvalue weighted by atomic mass is 9.99. The summed E-state index contributed by atoms with van der Waals surface area (Å²) in [6.45, 7) is 2.10. The van der Waals surface area contributed by atoms with Crippen molar-refractivity contribution in [1.82, 2.24) is 9.88 Å². The number of carboxylic acid groups (broad SMARTS) is 1. The molecule has 0 radical (unpaired) electrons. The minimum atomic E-state index is -4.50. The average Bonchev–Trinajstić information content (AvgIpc) is 2.67. The molecule has 1 aliphatic heterocycles. The average molecular weight is 534 g/mol. The molecule has 0 amide bonds. The summed E-state index contributed by atoms with van der Waals surface area (Å²) in [7, 11) is 0. The zero-order valence-corrected chi connectivity index (χ0v) is 18.5. The number of nitrogens with zero attached hydrogens (tertiary/aromatic N) is 2. The van der Waals surface area contributed by atoms with Crippen LogP contribution in [0.15, 0.2) is 30.5 Å². The minimum absolute atomic E-state index is 0.0604. The van der Waals surface area contributed by atoms with Gasteiger partial charge in [0.15, 0.2) is 0 Å². The second-order valence-corrected chi connectivity index (χ2v) is 8.59. The molecule has 1 fully saturated rings.